The van der Waals surface area contributed by atoms with Crippen molar-refractivity contribution in [3.63, 3.8) is 0 Å². The van der Waals surface area contributed by atoms with Gasteiger partial charge in [0.05, 0.1) is 10.0 Å². The second-order valence-electron chi connectivity index (χ2n) is 5.02. The SMILES string of the molecule is Cc1ccccc1CCC(Br)Cc1ccc(Cl)c(Cl)c1. The highest BCUT2D eigenvalue weighted by molar-refractivity contribution is 9.09. The maximum atomic E-state index is 6.04. The monoisotopic (exact) mass is 370 g/mol. The molecule has 0 amide bonds. The van der Waals surface area contributed by atoms with Crippen molar-refractivity contribution in [1.82, 2.24) is 0 Å². The standard InChI is InChI=1S/C17H17BrCl2/c1-12-4-2-3-5-14(12)7-8-15(18)10-13-6-9-16(19)17(20)11-13/h2-6,9,11,15H,7-8,10H2,1H3. The summed E-state index contributed by atoms with van der Waals surface area (Å²) < 4.78 is 0. The van der Waals surface area contributed by atoms with Crippen LogP contribution in [0, 0.1) is 6.92 Å². The lowest BCUT2D eigenvalue weighted by Crippen LogP contribution is -2.05. The largest absolute Gasteiger partial charge is 0.0887 e. The Balaban J connectivity index is 1.91. The summed E-state index contributed by atoms with van der Waals surface area (Å²) in [7, 11) is 0. The van der Waals surface area contributed by atoms with Gasteiger partial charge in [0.15, 0.2) is 0 Å². The molecule has 0 aliphatic carbocycles. The second kappa shape index (κ2) is 7.49. The molecule has 2 aromatic carbocycles. The molecule has 2 rings (SSSR count). The van der Waals surface area contributed by atoms with Crippen LogP contribution in [0.5, 0.6) is 0 Å². The van der Waals surface area contributed by atoms with Gasteiger partial charge in [-0.05, 0) is 55.0 Å². The van der Waals surface area contributed by atoms with E-state index in [0.717, 1.165) is 19.3 Å². The lowest BCUT2D eigenvalue weighted by molar-refractivity contribution is 0.760. The first-order chi connectivity index (χ1) is 9.56. The van der Waals surface area contributed by atoms with E-state index in [0.29, 0.717) is 14.9 Å². The van der Waals surface area contributed by atoms with Gasteiger partial charge in [-0.2, -0.15) is 0 Å². The molecule has 0 aromatic heterocycles. The molecule has 1 unspecified atom stereocenters. The lowest BCUT2D eigenvalue weighted by atomic mass is 10.0. The average Bonchev–Trinajstić information content (AvgIpc) is 2.42. The van der Waals surface area contributed by atoms with Crippen molar-refractivity contribution in [3.8, 4) is 0 Å². The third-order valence-corrected chi connectivity index (χ3v) is 4.95. The van der Waals surface area contributed by atoms with E-state index in [9.17, 15) is 0 Å². The quantitative estimate of drug-likeness (QED) is 0.545. The number of halogens is 3. The van der Waals surface area contributed by atoms with Gasteiger partial charge in [-0.15, -0.1) is 0 Å². The summed E-state index contributed by atoms with van der Waals surface area (Å²) in [6, 6.07) is 14.4. The van der Waals surface area contributed by atoms with E-state index in [1.165, 1.54) is 16.7 Å². The Morgan fingerprint density at radius 1 is 1.05 bits per heavy atom. The van der Waals surface area contributed by atoms with Crippen molar-refractivity contribution in [2.75, 3.05) is 0 Å². The van der Waals surface area contributed by atoms with Gasteiger partial charge in [-0.25, -0.2) is 0 Å². The van der Waals surface area contributed by atoms with Crippen molar-refractivity contribution >= 4 is 39.1 Å². The minimum atomic E-state index is 0.444. The second-order valence-corrected chi connectivity index (χ2v) is 7.12. The van der Waals surface area contributed by atoms with E-state index in [-0.39, 0.29) is 0 Å². The van der Waals surface area contributed by atoms with Crippen LogP contribution in [0.3, 0.4) is 0 Å². The molecule has 106 valence electrons. The van der Waals surface area contributed by atoms with Gasteiger partial charge in [-0.1, -0.05) is 69.5 Å². The Bertz CT molecular complexity index is 581. The number of benzene rings is 2. The first kappa shape index (κ1) is 15.9. The highest BCUT2D eigenvalue weighted by atomic mass is 79.9. The summed E-state index contributed by atoms with van der Waals surface area (Å²) in [5, 5.41) is 1.24. The van der Waals surface area contributed by atoms with Crippen LogP contribution in [0.15, 0.2) is 42.5 Å². The third kappa shape index (κ3) is 4.51. The molecule has 0 heterocycles. The van der Waals surface area contributed by atoms with Crippen LogP contribution in [-0.4, -0.2) is 4.83 Å². The summed E-state index contributed by atoms with van der Waals surface area (Å²) in [6.07, 6.45) is 3.15. The fourth-order valence-corrected chi connectivity index (χ4v) is 3.15. The van der Waals surface area contributed by atoms with E-state index >= 15 is 0 Å². The minimum absolute atomic E-state index is 0.444. The fourth-order valence-electron chi connectivity index (χ4n) is 2.23. The first-order valence-electron chi connectivity index (χ1n) is 6.69. The predicted octanol–water partition coefficient (Wildman–Crippen LogP) is 6.24. The van der Waals surface area contributed by atoms with Crippen LogP contribution < -0.4 is 0 Å². The van der Waals surface area contributed by atoms with Crippen LogP contribution in [-0.2, 0) is 12.8 Å². The molecule has 0 radical (unpaired) electrons. The van der Waals surface area contributed by atoms with Crippen LogP contribution in [0.1, 0.15) is 23.1 Å². The van der Waals surface area contributed by atoms with Crippen molar-refractivity contribution in [1.29, 1.82) is 0 Å². The molecule has 0 N–H and O–H groups in total. The zero-order chi connectivity index (χ0) is 14.5. The van der Waals surface area contributed by atoms with Crippen LogP contribution in [0.25, 0.3) is 0 Å². The highest BCUT2D eigenvalue weighted by Crippen LogP contribution is 2.25. The Morgan fingerprint density at radius 3 is 2.50 bits per heavy atom. The fraction of sp³-hybridized carbons (Fsp3) is 0.294. The van der Waals surface area contributed by atoms with E-state index in [1.807, 2.05) is 18.2 Å². The van der Waals surface area contributed by atoms with Gasteiger partial charge < -0.3 is 0 Å². The maximum absolute atomic E-state index is 6.04. The zero-order valence-electron chi connectivity index (χ0n) is 11.4. The molecule has 20 heavy (non-hydrogen) atoms. The van der Waals surface area contributed by atoms with Gasteiger partial charge in [0, 0.05) is 4.83 Å². The van der Waals surface area contributed by atoms with Gasteiger partial charge in [0.25, 0.3) is 0 Å². The summed E-state index contributed by atoms with van der Waals surface area (Å²) in [5.74, 6) is 0. The molecule has 0 aliphatic heterocycles. The summed E-state index contributed by atoms with van der Waals surface area (Å²) in [5.41, 5.74) is 4.00. The van der Waals surface area contributed by atoms with Crippen molar-refractivity contribution in [3.05, 3.63) is 69.2 Å². The molecule has 0 nitrogen and oxygen atoms in total. The number of rotatable bonds is 5. The van der Waals surface area contributed by atoms with E-state index in [2.05, 4.69) is 47.1 Å². The topological polar surface area (TPSA) is 0 Å². The minimum Gasteiger partial charge on any atom is -0.0887 e. The molecule has 0 saturated heterocycles. The van der Waals surface area contributed by atoms with Gasteiger partial charge in [-0.3, -0.25) is 0 Å². The summed E-state index contributed by atoms with van der Waals surface area (Å²) in [6.45, 7) is 2.16. The van der Waals surface area contributed by atoms with Gasteiger partial charge in [0.1, 0.15) is 0 Å². The number of hydrogen-bond donors (Lipinski definition) is 0. The Morgan fingerprint density at radius 2 is 1.80 bits per heavy atom. The normalized spacial score (nSPS) is 12.4. The van der Waals surface area contributed by atoms with Crippen molar-refractivity contribution in [2.24, 2.45) is 0 Å². The molecule has 0 aliphatic rings. The number of alkyl halides is 1. The summed E-state index contributed by atoms with van der Waals surface area (Å²) in [4.78, 5) is 0.444. The van der Waals surface area contributed by atoms with Crippen LogP contribution in [0.2, 0.25) is 10.0 Å². The van der Waals surface area contributed by atoms with E-state index in [4.69, 9.17) is 23.2 Å². The first-order valence-corrected chi connectivity index (χ1v) is 8.36. The van der Waals surface area contributed by atoms with Crippen molar-refractivity contribution in [2.45, 2.75) is 31.0 Å². The third-order valence-electron chi connectivity index (χ3n) is 3.43. The Hall–Kier alpha value is -0.500. The van der Waals surface area contributed by atoms with Crippen LogP contribution >= 0.6 is 39.1 Å². The predicted molar refractivity (Wildman–Crippen MR) is 92.4 cm³/mol. The molecule has 0 bridgehead atoms. The van der Waals surface area contributed by atoms with E-state index in [1.54, 1.807) is 0 Å². The Kier molecular flexibility index (Phi) is 5.95. The van der Waals surface area contributed by atoms with Crippen molar-refractivity contribution < 1.29 is 0 Å². The number of aryl methyl sites for hydroxylation is 2. The van der Waals surface area contributed by atoms with Gasteiger partial charge >= 0.3 is 0 Å². The van der Waals surface area contributed by atoms with Crippen LogP contribution in [0.4, 0.5) is 0 Å². The molecule has 0 saturated carbocycles. The smallest absolute Gasteiger partial charge is 0.0595 e. The molecule has 0 spiro atoms. The molecule has 0 fully saturated rings. The lowest BCUT2D eigenvalue weighted by Gasteiger charge is -2.12. The van der Waals surface area contributed by atoms with E-state index < -0.39 is 0 Å². The zero-order valence-corrected chi connectivity index (χ0v) is 14.5. The Labute approximate surface area is 139 Å². The molecule has 1 atom stereocenters. The molecular formula is C17H17BrCl2. The molecular weight excluding hydrogens is 355 g/mol. The summed E-state index contributed by atoms with van der Waals surface area (Å²) >= 11 is 15.7. The number of hydrogen-bond acceptors (Lipinski definition) is 0. The molecule has 2 aromatic rings. The van der Waals surface area contributed by atoms with Gasteiger partial charge in [0.2, 0.25) is 0 Å². The molecule has 3 heteroatoms. The maximum Gasteiger partial charge on any atom is 0.0595 e. The average molecular weight is 372 g/mol. The highest BCUT2D eigenvalue weighted by Gasteiger charge is 2.08.